The number of H-pyrrole nitrogens is 1. The van der Waals surface area contributed by atoms with Crippen LogP contribution < -0.4 is 0 Å². The van der Waals surface area contributed by atoms with Gasteiger partial charge in [0.05, 0.1) is 17.6 Å². The summed E-state index contributed by atoms with van der Waals surface area (Å²) in [6.45, 7) is -0.748. The molecule has 1 aromatic heterocycles. The van der Waals surface area contributed by atoms with E-state index in [1.807, 2.05) is 0 Å². The van der Waals surface area contributed by atoms with Crippen LogP contribution in [0.5, 0.6) is 0 Å². The lowest BCUT2D eigenvalue weighted by molar-refractivity contribution is -0.0800. The number of aromatic nitrogens is 2. The lowest BCUT2D eigenvalue weighted by Gasteiger charge is -2.19. The second-order valence-corrected chi connectivity index (χ2v) is 4.09. The molecule has 8 heteroatoms. The largest absolute Gasteiger partial charge is 0.394 e. The normalized spacial score (nSPS) is 16.5. The van der Waals surface area contributed by atoms with Gasteiger partial charge in [-0.2, -0.15) is 0 Å². The Bertz CT molecular complexity index is 550. The molecule has 0 aliphatic carbocycles. The van der Waals surface area contributed by atoms with Crippen molar-refractivity contribution in [3.8, 4) is 0 Å². The Kier molecular flexibility index (Phi) is 3.76. The molecule has 1 unspecified atom stereocenters. The highest BCUT2D eigenvalue weighted by atomic mass is 19.2. The highest BCUT2D eigenvalue weighted by Crippen LogP contribution is 2.22. The smallest absolute Gasteiger partial charge is 0.161 e. The Labute approximate surface area is 106 Å². The van der Waals surface area contributed by atoms with E-state index in [2.05, 4.69) is 9.97 Å². The van der Waals surface area contributed by atoms with Crippen LogP contribution >= 0.6 is 0 Å². The summed E-state index contributed by atoms with van der Waals surface area (Å²) in [5, 5.41) is 37.1. The predicted octanol–water partition coefficient (Wildman–Crippen LogP) is -0.411. The second-order valence-electron chi connectivity index (χ2n) is 4.09. The van der Waals surface area contributed by atoms with E-state index in [4.69, 9.17) is 5.11 Å². The van der Waals surface area contributed by atoms with Gasteiger partial charge < -0.3 is 25.4 Å². The number of halogens is 2. The van der Waals surface area contributed by atoms with Crippen LogP contribution in [0.3, 0.4) is 0 Å². The molecule has 0 aliphatic rings. The number of fused-ring (bicyclic) bond motifs is 1. The average Bonchev–Trinajstić information content (AvgIpc) is 2.79. The monoisotopic (exact) mass is 274 g/mol. The molecule has 1 heterocycles. The van der Waals surface area contributed by atoms with E-state index in [-0.39, 0.29) is 16.9 Å². The summed E-state index contributed by atoms with van der Waals surface area (Å²) in [5.74, 6) is -2.33. The van der Waals surface area contributed by atoms with E-state index < -0.39 is 36.6 Å². The fourth-order valence-corrected chi connectivity index (χ4v) is 1.64. The SMILES string of the molecule is OC[C@@H](O)C(O)[C@@H](O)c1nc2cc(F)c(F)cc2[nH]1. The third-order valence-corrected chi connectivity index (χ3v) is 2.73. The maximum Gasteiger partial charge on any atom is 0.161 e. The fraction of sp³-hybridized carbons (Fsp3) is 0.364. The molecule has 6 nitrogen and oxygen atoms in total. The van der Waals surface area contributed by atoms with Crippen molar-refractivity contribution in [1.82, 2.24) is 9.97 Å². The first-order valence-corrected chi connectivity index (χ1v) is 5.43. The number of nitrogens with one attached hydrogen (secondary N) is 1. The van der Waals surface area contributed by atoms with Gasteiger partial charge in [-0.3, -0.25) is 0 Å². The molecule has 0 radical (unpaired) electrons. The molecule has 1 aromatic carbocycles. The number of aliphatic hydroxyl groups excluding tert-OH is 4. The van der Waals surface area contributed by atoms with Gasteiger partial charge in [0.1, 0.15) is 24.1 Å². The van der Waals surface area contributed by atoms with Gasteiger partial charge in [0.15, 0.2) is 11.6 Å². The summed E-state index contributed by atoms with van der Waals surface area (Å²) in [4.78, 5) is 6.29. The molecule has 0 fully saturated rings. The zero-order valence-electron chi connectivity index (χ0n) is 9.59. The number of hydrogen-bond acceptors (Lipinski definition) is 5. The van der Waals surface area contributed by atoms with E-state index in [1.165, 1.54) is 0 Å². The zero-order chi connectivity index (χ0) is 14.2. The zero-order valence-corrected chi connectivity index (χ0v) is 9.59. The lowest BCUT2D eigenvalue weighted by Crippen LogP contribution is -2.35. The number of imidazole rings is 1. The number of benzene rings is 1. The van der Waals surface area contributed by atoms with Crippen LogP contribution in [-0.2, 0) is 0 Å². The quantitative estimate of drug-likeness (QED) is 0.520. The van der Waals surface area contributed by atoms with Crippen molar-refractivity contribution in [3.63, 3.8) is 0 Å². The van der Waals surface area contributed by atoms with Crippen LogP contribution in [0.15, 0.2) is 12.1 Å². The van der Waals surface area contributed by atoms with Crippen molar-refractivity contribution in [2.24, 2.45) is 0 Å². The van der Waals surface area contributed by atoms with Crippen LogP contribution in [-0.4, -0.2) is 49.2 Å². The van der Waals surface area contributed by atoms with Gasteiger partial charge in [0.2, 0.25) is 0 Å². The molecule has 2 rings (SSSR count). The third-order valence-electron chi connectivity index (χ3n) is 2.73. The number of rotatable bonds is 4. The Hall–Kier alpha value is -1.61. The Balaban J connectivity index is 2.35. The molecule has 0 aliphatic heterocycles. The molecule has 2 aromatic rings. The molecular formula is C11H12F2N2O4. The van der Waals surface area contributed by atoms with E-state index in [1.54, 1.807) is 0 Å². The molecular weight excluding hydrogens is 262 g/mol. The summed E-state index contributed by atoms with van der Waals surface area (Å²) in [6, 6.07) is 1.70. The lowest BCUT2D eigenvalue weighted by atomic mass is 10.1. The highest BCUT2D eigenvalue weighted by Gasteiger charge is 2.28. The number of aliphatic hydroxyl groups is 4. The molecule has 3 atom stereocenters. The summed E-state index contributed by atoms with van der Waals surface area (Å²) in [6.07, 6.45) is -4.86. The van der Waals surface area contributed by atoms with Crippen LogP contribution in [0, 0.1) is 11.6 Å². The molecule has 0 amide bonds. The van der Waals surface area contributed by atoms with Gasteiger partial charge in [0.25, 0.3) is 0 Å². The first-order chi connectivity index (χ1) is 8.93. The minimum absolute atomic E-state index is 0.0682. The van der Waals surface area contributed by atoms with Gasteiger partial charge in [0, 0.05) is 12.1 Å². The van der Waals surface area contributed by atoms with Crippen molar-refractivity contribution in [2.75, 3.05) is 6.61 Å². The number of nitrogens with zero attached hydrogens (tertiary/aromatic N) is 1. The van der Waals surface area contributed by atoms with Gasteiger partial charge in [-0.25, -0.2) is 13.8 Å². The van der Waals surface area contributed by atoms with Crippen molar-refractivity contribution in [1.29, 1.82) is 0 Å². The fourth-order valence-electron chi connectivity index (χ4n) is 1.64. The van der Waals surface area contributed by atoms with Gasteiger partial charge in [-0.1, -0.05) is 0 Å². The molecule has 19 heavy (non-hydrogen) atoms. The van der Waals surface area contributed by atoms with Crippen molar-refractivity contribution in [3.05, 3.63) is 29.6 Å². The van der Waals surface area contributed by atoms with E-state index in [9.17, 15) is 24.1 Å². The second kappa shape index (κ2) is 5.17. The van der Waals surface area contributed by atoms with E-state index >= 15 is 0 Å². The summed E-state index contributed by atoms with van der Waals surface area (Å²) >= 11 is 0. The first kappa shape index (κ1) is 13.8. The number of hydrogen-bond donors (Lipinski definition) is 5. The van der Waals surface area contributed by atoms with Gasteiger partial charge in [-0.05, 0) is 0 Å². The summed E-state index contributed by atoms with van der Waals surface area (Å²) in [7, 11) is 0. The van der Waals surface area contributed by atoms with Crippen molar-refractivity contribution in [2.45, 2.75) is 18.3 Å². The number of aromatic amines is 1. The minimum atomic E-state index is -1.68. The standard InChI is InChI=1S/C11H12F2N2O4/c12-4-1-6-7(2-5(4)13)15-11(14-6)10(19)9(18)8(17)3-16/h1-2,8-10,16-19H,3H2,(H,14,15)/t8-,9?,10-/m1/s1. The summed E-state index contributed by atoms with van der Waals surface area (Å²) in [5.41, 5.74) is 0.206. The van der Waals surface area contributed by atoms with Gasteiger partial charge >= 0.3 is 0 Å². The van der Waals surface area contributed by atoms with Crippen LogP contribution in [0.4, 0.5) is 8.78 Å². The topological polar surface area (TPSA) is 110 Å². The Morgan fingerprint density at radius 1 is 1.16 bits per heavy atom. The minimum Gasteiger partial charge on any atom is -0.394 e. The van der Waals surface area contributed by atoms with Crippen LogP contribution in [0.2, 0.25) is 0 Å². The van der Waals surface area contributed by atoms with Crippen molar-refractivity contribution < 1.29 is 29.2 Å². The molecule has 0 saturated heterocycles. The summed E-state index contributed by atoms with van der Waals surface area (Å²) < 4.78 is 26.0. The maximum absolute atomic E-state index is 13.0. The first-order valence-electron chi connectivity index (χ1n) is 5.43. The molecule has 5 N–H and O–H groups in total. The average molecular weight is 274 g/mol. The Morgan fingerprint density at radius 3 is 2.42 bits per heavy atom. The maximum atomic E-state index is 13.0. The van der Waals surface area contributed by atoms with Crippen LogP contribution in [0.25, 0.3) is 11.0 Å². The molecule has 0 spiro atoms. The van der Waals surface area contributed by atoms with E-state index in [0.29, 0.717) is 0 Å². The molecule has 104 valence electrons. The molecule has 0 bridgehead atoms. The van der Waals surface area contributed by atoms with E-state index in [0.717, 1.165) is 12.1 Å². The van der Waals surface area contributed by atoms with Gasteiger partial charge in [-0.15, -0.1) is 0 Å². The predicted molar refractivity (Wildman–Crippen MR) is 60.1 cm³/mol. The highest BCUT2D eigenvalue weighted by molar-refractivity contribution is 5.75. The van der Waals surface area contributed by atoms with Crippen molar-refractivity contribution >= 4 is 11.0 Å². The van der Waals surface area contributed by atoms with Crippen LogP contribution in [0.1, 0.15) is 11.9 Å². The Morgan fingerprint density at radius 2 is 1.79 bits per heavy atom. The third kappa shape index (κ3) is 2.56. The molecule has 0 saturated carbocycles.